The van der Waals surface area contributed by atoms with Gasteiger partial charge < -0.3 is 19.7 Å². The minimum absolute atomic E-state index is 0.107. The monoisotopic (exact) mass is 386 g/mol. The van der Waals surface area contributed by atoms with Crippen molar-refractivity contribution in [1.29, 1.82) is 0 Å². The van der Waals surface area contributed by atoms with E-state index in [1.165, 1.54) is 19.2 Å². The maximum absolute atomic E-state index is 13.3. The zero-order valence-corrected chi connectivity index (χ0v) is 15.9. The first-order valence-corrected chi connectivity index (χ1v) is 9.09. The van der Waals surface area contributed by atoms with Crippen LogP contribution in [0.4, 0.5) is 10.1 Å². The van der Waals surface area contributed by atoms with Crippen LogP contribution in [0.2, 0.25) is 0 Å². The number of ether oxygens (including phenoxy) is 2. The van der Waals surface area contributed by atoms with Crippen LogP contribution in [0.25, 0.3) is 0 Å². The molecule has 28 heavy (non-hydrogen) atoms. The van der Waals surface area contributed by atoms with E-state index in [1.54, 1.807) is 42.3 Å². The van der Waals surface area contributed by atoms with Crippen LogP contribution in [0.1, 0.15) is 23.2 Å². The van der Waals surface area contributed by atoms with Crippen molar-refractivity contribution < 1.29 is 23.5 Å². The number of hydrogen-bond donors (Lipinski definition) is 1. The maximum atomic E-state index is 13.3. The zero-order chi connectivity index (χ0) is 20.1. The number of amides is 2. The molecule has 1 N–H and O–H groups in total. The highest BCUT2D eigenvalue weighted by Gasteiger charge is 2.28. The summed E-state index contributed by atoms with van der Waals surface area (Å²) >= 11 is 0. The summed E-state index contributed by atoms with van der Waals surface area (Å²) in [6, 6.07) is 10.9. The Bertz CT molecular complexity index is 863. The third-order valence-electron chi connectivity index (χ3n) is 4.88. The van der Waals surface area contributed by atoms with Gasteiger partial charge in [-0.05, 0) is 49.2 Å². The zero-order valence-electron chi connectivity index (χ0n) is 15.9. The van der Waals surface area contributed by atoms with Gasteiger partial charge in [0.15, 0.2) is 11.5 Å². The van der Waals surface area contributed by atoms with Gasteiger partial charge in [0.2, 0.25) is 5.91 Å². The van der Waals surface area contributed by atoms with Crippen LogP contribution in [0.5, 0.6) is 11.5 Å². The molecular formula is C21H23FN2O4. The van der Waals surface area contributed by atoms with Gasteiger partial charge in [-0.15, -0.1) is 0 Å². The van der Waals surface area contributed by atoms with E-state index in [0.29, 0.717) is 48.7 Å². The summed E-state index contributed by atoms with van der Waals surface area (Å²) < 4.78 is 23.7. The summed E-state index contributed by atoms with van der Waals surface area (Å²) in [5.41, 5.74) is 0.953. The molecule has 0 bridgehead atoms. The number of nitrogens with one attached hydrogen (secondary N) is 1. The van der Waals surface area contributed by atoms with Crippen LogP contribution in [-0.4, -0.2) is 44.0 Å². The van der Waals surface area contributed by atoms with Crippen LogP contribution in [0, 0.1) is 11.7 Å². The Morgan fingerprint density at radius 1 is 1.04 bits per heavy atom. The SMILES string of the molecule is COc1ccc(C(=O)N2CCC(C(=O)Nc3cccc(F)c3)CC2)cc1OC. The molecule has 6 nitrogen and oxygen atoms in total. The molecule has 3 rings (SSSR count). The van der Waals surface area contributed by atoms with Gasteiger partial charge in [0, 0.05) is 30.3 Å². The lowest BCUT2D eigenvalue weighted by Crippen LogP contribution is -2.41. The van der Waals surface area contributed by atoms with Gasteiger partial charge in [0.25, 0.3) is 5.91 Å². The molecule has 0 atom stereocenters. The van der Waals surface area contributed by atoms with Gasteiger partial charge >= 0.3 is 0 Å². The molecule has 1 aliphatic rings. The molecule has 0 aliphatic carbocycles. The second-order valence-electron chi connectivity index (χ2n) is 6.64. The molecule has 148 valence electrons. The summed E-state index contributed by atoms with van der Waals surface area (Å²) in [6.07, 6.45) is 1.11. The van der Waals surface area contributed by atoms with Gasteiger partial charge in [-0.3, -0.25) is 9.59 Å². The highest BCUT2D eigenvalue weighted by molar-refractivity contribution is 5.96. The fourth-order valence-electron chi connectivity index (χ4n) is 3.31. The van der Waals surface area contributed by atoms with E-state index in [2.05, 4.69) is 5.32 Å². The fraction of sp³-hybridized carbons (Fsp3) is 0.333. The number of carbonyl (C=O) groups excluding carboxylic acids is 2. The first-order chi connectivity index (χ1) is 13.5. The number of rotatable bonds is 5. The third-order valence-corrected chi connectivity index (χ3v) is 4.88. The molecule has 2 aromatic rings. The smallest absolute Gasteiger partial charge is 0.253 e. The van der Waals surface area contributed by atoms with Crippen LogP contribution in [-0.2, 0) is 4.79 Å². The van der Waals surface area contributed by atoms with Crippen molar-refractivity contribution in [2.24, 2.45) is 5.92 Å². The lowest BCUT2D eigenvalue weighted by atomic mass is 9.95. The number of anilines is 1. The van der Waals surface area contributed by atoms with Crippen LogP contribution in [0.15, 0.2) is 42.5 Å². The van der Waals surface area contributed by atoms with E-state index >= 15 is 0 Å². The van der Waals surface area contributed by atoms with E-state index in [1.807, 2.05) is 0 Å². The van der Waals surface area contributed by atoms with Gasteiger partial charge in [-0.1, -0.05) is 6.07 Å². The lowest BCUT2D eigenvalue weighted by molar-refractivity contribution is -0.121. The summed E-state index contributed by atoms with van der Waals surface area (Å²) in [4.78, 5) is 26.9. The van der Waals surface area contributed by atoms with Crippen molar-refractivity contribution in [3.63, 3.8) is 0 Å². The van der Waals surface area contributed by atoms with Crippen LogP contribution < -0.4 is 14.8 Å². The molecule has 0 aromatic heterocycles. The molecule has 7 heteroatoms. The van der Waals surface area contributed by atoms with Crippen molar-refractivity contribution >= 4 is 17.5 Å². The van der Waals surface area contributed by atoms with Crippen LogP contribution >= 0.6 is 0 Å². The minimum Gasteiger partial charge on any atom is -0.493 e. The molecule has 2 aromatic carbocycles. The molecule has 1 saturated heterocycles. The maximum Gasteiger partial charge on any atom is 0.253 e. The largest absolute Gasteiger partial charge is 0.493 e. The summed E-state index contributed by atoms with van der Waals surface area (Å²) in [7, 11) is 3.06. The first kappa shape index (κ1) is 19.7. The summed E-state index contributed by atoms with van der Waals surface area (Å²) in [5, 5.41) is 2.74. The molecule has 1 heterocycles. The first-order valence-electron chi connectivity index (χ1n) is 9.09. The highest BCUT2D eigenvalue weighted by Crippen LogP contribution is 2.29. The number of methoxy groups -OCH3 is 2. The van der Waals surface area contributed by atoms with Crippen molar-refractivity contribution in [2.45, 2.75) is 12.8 Å². The Morgan fingerprint density at radius 3 is 2.39 bits per heavy atom. The van der Waals surface area contributed by atoms with Crippen LogP contribution in [0.3, 0.4) is 0 Å². The quantitative estimate of drug-likeness (QED) is 0.856. The van der Waals surface area contributed by atoms with E-state index in [4.69, 9.17) is 9.47 Å². The Kier molecular flexibility index (Phi) is 6.13. The predicted molar refractivity (Wildman–Crippen MR) is 103 cm³/mol. The Hall–Kier alpha value is -3.09. The highest BCUT2D eigenvalue weighted by atomic mass is 19.1. The Labute approximate surface area is 163 Å². The predicted octanol–water partition coefficient (Wildman–Crippen LogP) is 3.33. The second-order valence-corrected chi connectivity index (χ2v) is 6.64. The standard InChI is InChI=1S/C21H23FN2O4/c1-27-18-7-6-15(12-19(18)28-2)21(26)24-10-8-14(9-11-24)20(25)23-17-5-3-4-16(22)13-17/h3-7,12-14H,8-11H2,1-2H3,(H,23,25). The number of piperidine rings is 1. The van der Waals surface area contributed by atoms with Gasteiger partial charge in [-0.25, -0.2) is 4.39 Å². The van der Waals surface area contributed by atoms with Crippen molar-refractivity contribution in [1.82, 2.24) is 4.90 Å². The average Bonchev–Trinajstić information content (AvgIpc) is 2.72. The van der Waals surface area contributed by atoms with E-state index < -0.39 is 5.82 Å². The molecule has 1 fully saturated rings. The van der Waals surface area contributed by atoms with Crippen molar-refractivity contribution in [2.75, 3.05) is 32.6 Å². The number of halogens is 1. The summed E-state index contributed by atoms with van der Waals surface area (Å²) in [5.74, 6) is 0.198. The normalized spacial score (nSPS) is 14.5. The number of carbonyl (C=O) groups is 2. The molecule has 0 radical (unpaired) electrons. The lowest BCUT2D eigenvalue weighted by Gasteiger charge is -2.31. The fourth-order valence-corrected chi connectivity index (χ4v) is 3.31. The van der Waals surface area contributed by atoms with Gasteiger partial charge in [0.1, 0.15) is 5.82 Å². The van der Waals surface area contributed by atoms with Gasteiger partial charge in [-0.2, -0.15) is 0 Å². The number of nitrogens with zero attached hydrogens (tertiary/aromatic N) is 1. The van der Waals surface area contributed by atoms with Crippen molar-refractivity contribution in [3.05, 3.63) is 53.8 Å². The number of likely N-dealkylation sites (tertiary alicyclic amines) is 1. The minimum atomic E-state index is -0.395. The summed E-state index contributed by atoms with van der Waals surface area (Å²) in [6.45, 7) is 0.961. The third kappa shape index (κ3) is 4.42. The number of benzene rings is 2. The molecule has 0 unspecified atom stereocenters. The molecule has 0 saturated carbocycles. The Morgan fingerprint density at radius 2 is 1.75 bits per heavy atom. The molecular weight excluding hydrogens is 363 g/mol. The topological polar surface area (TPSA) is 67.9 Å². The number of hydrogen-bond acceptors (Lipinski definition) is 4. The molecule has 0 spiro atoms. The van der Waals surface area contributed by atoms with Gasteiger partial charge in [0.05, 0.1) is 14.2 Å². The molecule has 2 amide bonds. The second kappa shape index (κ2) is 8.73. The average molecular weight is 386 g/mol. The van der Waals surface area contributed by atoms with Crippen molar-refractivity contribution in [3.8, 4) is 11.5 Å². The van der Waals surface area contributed by atoms with E-state index in [-0.39, 0.29) is 17.7 Å². The van der Waals surface area contributed by atoms with E-state index in [0.717, 1.165) is 0 Å². The Balaban J connectivity index is 1.58. The molecule has 1 aliphatic heterocycles. The van der Waals surface area contributed by atoms with E-state index in [9.17, 15) is 14.0 Å².